The van der Waals surface area contributed by atoms with Crippen molar-refractivity contribution in [2.75, 3.05) is 0 Å². The highest BCUT2D eigenvalue weighted by atomic mass is 32.1. The van der Waals surface area contributed by atoms with Crippen LogP contribution in [0.15, 0.2) is 0 Å². The molecule has 0 atom stereocenters. The van der Waals surface area contributed by atoms with Gasteiger partial charge in [0.2, 0.25) is 0 Å². The predicted molar refractivity (Wildman–Crippen MR) is 61.5 cm³/mol. The minimum atomic E-state index is 1.37. The molecular formula is C10H25NS. The van der Waals surface area contributed by atoms with Crippen molar-refractivity contribution in [2.24, 2.45) is 5.14 Å². The molecule has 0 saturated carbocycles. The van der Waals surface area contributed by atoms with Gasteiger partial charge in [0.15, 0.2) is 0 Å². The highest BCUT2D eigenvalue weighted by molar-refractivity contribution is 7.77. The van der Waals surface area contributed by atoms with Crippen molar-refractivity contribution < 1.29 is 0 Å². The van der Waals surface area contributed by atoms with Crippen molar-refractivity contribution in [1.82, 2.24) is 0 Å². The van der Waals surface area contributed by atoms with Gasteiger partial charge in [-0.3, -0.25) is 5.14 Å². The third-order valence-corrected chi connectivity index (χ3v) is 1.96. The maximum atomic E-state index is 4.19. The first kappa shape index (κ1) is 14.8. The molecule has 0 aromatic heterocycles. The molecule has 0 aliphatic heterocycles. The predicted octanol–water partition coefficient (Wildman–Crippen LogP) is 3.94. The van der Waals surface area contributed by atoms with E-state index >= 15 is 0 Å². The Hall–Kier alpha value is 0.310. The molecule has 0 saturated heterocycles. The molecule has 76 valence electrons. The monoisotopic (exact) mass is 191 g/mol. The zero-order chi connectivity index (χ0) is 9.66. The van der Waals surface area contributed by atoms with Crippen molar-refractivity contribution in [2.45, 2.75) is 65.2 Å². The van der Waals surface area contributed by atoms with E-state index in [-0.39, 0.29) is 0 Å². The molecule has 0 heterocycles. The number of nitrogens with two attached hydrogens (primary N) is 1. The highest BCUT2D eigenvalue weighted by Crippen LogP contribution is 2.07. The summed E-state index contributed by atoms with van der Waals surface area (Å²) in [5.74, 6) is 0. The lowest BCUT2D eigenvalue weighted by atomic mass is 10.1. The lowest BCUT2D eigenvalue weighted by molar-refractivity contribution is 0.585. The van der Waals surface area contributed by atoms with Crippen LogP contribution in [0.4, 0.5) is 0 Å². The summed E-state index contributed by atoms with van der Waals surface area (Å²) in [7, 11) is 0. The number of hydrogen-bond acceptors (Lipinski definition) is 2. The third kappa shape index (κ3) is 16.7. The summed E-state index contributed by atoms with van der Waals surface area (Å²) in [6.07, 6.45) is 11.5. The van der Waals surface area contributed by atoms with Crippen molar-refractivity contribution in [3.63, 3.8) is 0 Å². The van der Waals surface area contributed by atoms with E-state index in [1.165, 1.54) is 51.4 Å². The number of rotatable bonds is 7. The summed E-state index contributed by atoms with van der Waals surface area (Å²) < 4.78 is 0. The molecular weight excluding hydrogens is 166 g/mol. The lowest BCUT2D eigenvalue weighted by Gasteiger charge is -1.97. The second kappa shape index (κ2) is 17.4. The van der Waals surface area contributed by atoms with Gasteiger partial charge in [0, 0.05) is 0 Å². The van der Waals surface area contributed by atoms with Crippen LogP contribution in [0.1, 0.15) is 65.2 Å². The fourth-order valence-corrected chi connectivity index (χ4v) is 1.21. The maximum Gasteiger partial charge on any atom is -0.0533 e. The van der Waals surface area contributed by atoms with E-state index in [1.54, 1.807) is 0 Å². The first-order valence-corrected chi connectivity index (χ1v) is 5.69. The molecule has 0 rings (SSSR count). The number of unbranched alkanes of at least 4 members (excludes halogenated alkanes) is 7. The van der Waals surface area contributed by atoms with Gasteiger partial charge >= 0.3 is 0 Å². The number of thiol groups is 1. The van der Waals surface area contributed by atoms with Crippen molar-refractivity contribution >= 4 is 12.8 Å². The zero-order valence-corrected chi connectivity index (χ0v) is 9.58. The maximum absolute atomic E-state index is 4.19. The van der Waals surface area contributed by atoms with Gasteiger partial charge in [-0.1, -0.05) is 65.2 Å². The second-order valence-corrected chi connectivity index (χ2v) is 3.12. The summed E-state index contributed by atoms with van der Waals surface area (Å²) in [5, 5.41) is 4.19. The Labute approximate surface area is 83.7 Å². The van der Waals surface area contributed by atoms with E-state index in [2.05, 4.69) is 31.8 Å². The van der Waals surface area contributed by atoms with E-state index in [9.17, 15) is 0 Å². The SMILES string of the molecule is CCCCCCCCCC.NS. The van der Waals surface area contributed by atoms with Crippen molar-refractivity contribution in [3.8, 4) is 0 Å². The Morgan fingerprint density at radius 3 is 1.17 bits per heavy atom. The summed E-state index contributed by atoms with van der Waals surface area (Å²) in [6, 6.07) is 0. The first-order valence-electron chi connectivity index (χ1n) is 5.17. The van der Waals surface area contributed by atoms with Crippen LogP contribution in [-0.2, 0) is 0 Å². The molecule has 0 unspecified atom stereocenters. The van der Waals surface area contributed by atoms with Crippen molar-refractivity contribution in [1.29, 1.82) is 0 Å². The molecule has 0 aromatic rings. The largest absolute Gasteiger partial charge is 0.281 e. The van der Waals surface area contributed by atoms with Gasteiger partial charge in [0.1, 0.15) is 0 Å². The summed E-state index contributed by atoms with van der Waals surface area (Å²) >= 11 is 3.03. The fraction of sp³-hybridized carbons (Fsp3) is 1.00. The topological polar surface area (TPSA) is 26.0 Å². The van der Waals surface area contributed by atoms with E-state index in [0.29, 0.717) is 0 Å². The van der Waals surface area contributed by atoms with Crippen LogP contribution in [0, 0.1) is 0 Å². The standard InChI is InChI=1S/C10H22.H3NS/c1-3-5-7-9-10-8-6-4-2;1-2/h3-10H2,1-2H3;2H,1H2. The molecule has 0 fully saturated rings. The van der Waals surface area contributed by atoms with E-state index < -0.39 is 0 Å². The fourth-order valence-electron chi connectivity index (χ4n) is 1.21. The molecule has 0 aliphatic carbocycles. The highest BCUT2D eigenvalue weighted by Gasteiger charge is 1.87. The minimum Gasteiger partial charge on any atom is -0.281 e. The first-order chi connectivity index (χ1) is 5.91. The Kier molecular flexibility index (Phi) is 21.5. The van der Waals surface area contributed by atoms with Gasteiger partial charge in [-0.05, 0) is 0 Å². The van der Waals surface area contributed by atoms with Gasteiger partial charge in [-0.15, -0.1) is 12.8 Å². The van der Waals surface area contributed by atoms with Crippen molar-refractivity contribution in [3.05, 3.63) is 0 Å². The average Bonchev–Trinajstić information content (AvgIpc) is 2.15. The van der Waals surface area contributed by atoms with E-state index in [4.69, 9.17) is 0 Å². The molecule has 0 spiro atoms. The molecule has 0 amide bonds. The summed E-state index contributed by atoms with van der Waals surface area (Å²) in [5.41, 5.74) is 0. The van der Waals surface area contributed by atoms with Gasteiger partial charge < -0.3 is 0 Å². The second-order valence-electron chi connectivity index (χ2n) is 3.12. The lowest BCUT2D eigenvalue weighted by Crippen LogP contribution is -1.77. The molecule has 1 nitrogen and oxygen atoms in total. The quantitative estimate of drug-likeness (QED) is 0.463. The normalized spacial score (nSPS) is 9.00. The van der Waals surface area contributed by atoms with E-state index in [1.807, 2.05) is 0 Å². The molecule has 0 radical (unpaired) electrons. The van der Waals surface area contributed by atoms with Crippen LogP contribution >= 0.6 is 12.8 Å². The van der Waals surface area contributed by atoms with E-state index in [0.717, 1.165) is 0 Å². The number of hydrogen-bond donors (Lipinski definition) is 2. The molecule has 2 N–H and O–H groups in total. The van der Waals surface area contributed by atoms with Gasteiger partial charge in [-0.25, -0.2) is 0 Å². The summed E-state index contributed by atoms with van der Waals surface area (Å²) in [4.78, 5) is 0. The van der Waals surface area contributed by atoms with Crippen LogP contribution < -0.4 is 5.14 Å². The van der Waals surface area contributed by atoms with Gasteiger partial charge in [0.25, 0.3) is 0 Å². The van der Waals surface area contributed by atoms with Crippen LogP contribution in [-0.4, -0.2) is 0 Å². The Balaban J connectivity index is 0. The smallest absolute Gasteiger partial charge is 0.0533 e. The van der Waals surface area contributed by atoms with Crippen LogP contribution in [0.5, 0.6) is 0 Å². The Morgan fingerprint density at radius 1 is 0.667 bits per heavy atom. The molecule has 0 aromatic carbocycles. The van der Waals surface area contributed by atoms with Crippen LogP contribution in [0.3, 0.4) is 0 Å². The average molecular weight is 191 g/mol. The molecule has 0 bridgehead atoms. The van der Waals surface area contributed by atoms with Crippen LogP contribution in [0.25, 0.3) is 0 Å². The molecule has 0 aliphatic rings. The minimum absolute atomic E-state index is 1.37. The van der Waals surface area contributed by atoms with Crippen LogP contribution in [0.2, 0.25) is 0 Å². The Bertz CT molecular complexity index is 49.8. The zero-order valence-electron chi connectivity index (χ0n) is 8.68. The van der Waals surface area contributed by atoms with Gasteiger partial charge in [0.05, 0.1) is 0 Å². The third-order valence-electron chi connectivity index (χ3n) is 1.96. The van der Waals surface area contributed by atoms with Gasteiger partial charge in [-0.2, -0.15) is 0 Å². The Morgan fingerprint density at radius 2 is 0.917 bits per heavy atom. The summed E-state index contributed by atoms with van der Waals surface area (Å²) in [6.45, 7) is 4.54. The molecule has 2 heteroatoms. The molecule has 12 heavy (non-hydrogen) atoms.